The predicted molar refractivity (Wildman–Crippen MR) is 68.7 cm³/mol. The Balaban J connectivity index is 2.53. The van der Waals surface area contributed by atoms with Gasteiger partial charge in [-0.25, -0.2) is 13.2 Å². The van der Waals surface area contributed by atoms with Crippen molar-refractivity contribution in [2.24, 2.45) is 0 Å². The van der Waals surface area contributed by atoms with Crippen molar-refractivity contribution in [1.82, 2.24) is 5.32 Å². The zero-order chi connectivity index (χ0) is 14.0. The van der Waals surface area contributed by atoms with Gasteiger partial charge in [0.05, 0.1) is 6.04 Å². The first kappa shape index (κ1) is 13.9. The molecule has 0 aliphatic rings. The summed E-state index contributed by atoms with van der Waals surface area (Å²) < 4.78 is 40.9. The van der Waals surface area contributed by atoms with E-state index in [0.717, 1.165) is 12.1 Å². The van der Waals surface area contributed by atoms with Gasteiger partial charge < -0.3 is 5.32 Å². The summed E-state index contributed by atoms with van der Waals surface area (Å²) in [7, 11) is 1.54. The average molecular weight is 286 g/mol. The first-order chi connectivity index (χ1) is 9.04. The highest BCUT2D eigenvalue weighted by molar-refractivity contribution is 6.30. The van der Waals surface area contributed by atoms with Crippen LogP contribution < -0.4 is 5.32 Å². The molecule has 1 atom stereocenters. The van der Waals surface area contributed by atoms with E-state index in [1.165, 1.54) is 24.3 Å². The normalized spacial score (nSPS) is 12.5. The lowest BCUT2D eigenvalue weighted by atomic mass is 9.97. The summed E-state index contributed by atoms with van der Waals surface area (Å²) in [6.45, 7) is 0. The smallest absolute Gasteiger partial charge is 0.163 e. The highest BCUT2D eigenvalue weighted by Crippen LogP contribution is 2.28. The molecule has 0 saturated heterocycles. The van der Waals surface area contributed by atoms with E-state index < -0.39 is 23.5 Å². The lowest BCUT2D eigenvalue weighted by Crippen LogP contribution is -2.20. The number of hydrogen-bond acceptors (Lipinski definition) is 1. The van der Waals surface area contributed by atoms with Crippen LogP contribution in [-0.4, -0.2) is 7.05 Å². The number of hydrogen-bond donors (Lipinski definition) is 1. The van der Waals surface area contributed by atoms with Crippen molar-refractivity contribution in [1.29, 1.82) is 0 Å². The summed E-state index contributed by atoms with van der Waals surface area (Å²) in [4.78, 5) is 0. The second-order valence-corrected chi connectivity index (χ2v) is 4.47. The van der Waals surface area contributed by atoms with Crippen LogP contribution in [0.1, 0.15) is 17.2 Å². The third-order valence-corrected chi connectivity index (χ3v) is 3.09. The highest BCUT2D eigenvalue weighted by atomic mass is 35.5. The molecule has 2 aromatic carbocycles. The molecule has 1 nitrogen and oxygen atoms in total. The molecule has 2 rings (SSSR count). The minimum absolute atomic E-state index is 0.0451. The van der Waals surface area contributed by atoms with Crippen LogP contribution in [0.4, 0.5) is 13.2 Å². The van der Waals surface area contributed by atoms with Gasteiger partial charge in [-0.05, 0) is 25.2 Å². The molecule has 0 aliphatic carbocycles. The zero-order valence-electron chi connectivity index (χ0n) is 10.1. The molecule has 1 unspecified atom stereocenters. The maximum atomic E-state index is 13.9. The van der Waals surface area contributed by atoms with Gasteiger partial charge in [0.2, 0.25) is 0 Å². The second-order valence-electron chi connectivity index (χ2n) is 4.03. The molecule has 100 valence electrons. The molecular weight excluding hydrogens is 275 g/mol. The summed E-state index contributed by atoms with van der Waals surface area (Å²) in [5.41, 5.74) is 0.250. The average Bonchev–Trinajstić information content (AvgIpc) is 2.37. The molecule has 0 aliphatic heterocycles. The summed E-state index contributed by atoms with van der Waals surface area (Å²) in [5.74, 6) is -2.53. The molecule has 2 aromatic rings. The van der Waals surface area contributed by atoms with E-state index in [9.17, 15) is 13.2 Å². The van der Waals surface area contributed by atoms with E-state index in [1.54, 1.807) is 7.05 Å². The Morgan fingerprint density at radius 1 is 1.00 bits per heavy atom. The quantitative estimate of drug-likeness (QED) is 0.896. The predicted octanol–water partition coefficient (Wildman–Crippen LogP) is 4.07. The molecule has 0 spiro atoms. The van der Waals surface area contributed by atoms with Gasteiger partial charge in [0.15, 0.2) is 11.6 Å². The first-order valence-corrected chi connectivity index (χ1v) is 5.98. The molecule has 0 amide bonds. The monoisotopic (exact) mass is 285 g/mol. The molecule has 19 heavy (non-hydrogen) atoms. The first-order valence-electron chi connectivity index (χ1n) is 5.60. The van der Waals surface area contributed by atoms with Gasteiger partial charge in [-0.3, -0.25) is 0 Å². The molecule has 0 aromatic heterocycles. The summed E-state index contributed by atoms with van der Waals surface area (Å²) in [6, 6.07) is 7.11. The van der Waals surface area contributed by atoms with E-state index >= 15 is 0 Å². The minimum Gasteiger partial charge on any atom is -0.309 e. The second kappa shape index (κ2) is 5.63. The van der Waals surface area contributed by atoms with Gasteiger partial charge in [0.25, 0.3) is 0 Å². The van der Waals surface area contributed by atoms with Crippen LogP contribution >= 0.6 is 11.6 Å². The van der Waals surface area contributed by atoms with Gasteiger partial charge in [-0.15, -0.1) is 0 Å². The van der Waals surface area contributed by atoms with Crippen molar-refractivity contribution < 1.29 is 13.2 Å². The number of nitrogens with one attached hydrogen (secondary N) is 1. The molecule has 0 fully saturated rings. The van der Waals surface area contributed by atoms with E-state index in [1.807, 2.05) is 0 Å². The Hall–Kier alpha value is -1.52. The summed E-state index contributed by atoms with van der Waals surface area (Å²) >= 11 is 5.67. The van der Waals surface area contributed by atoms with Crippen molar-refractivity contribution in [3.8, 4) is 0 Å². The fourth-order valence-corrected chi connectivity index (χ4v) is 2.12. The van der Waals surface area contributed by atoms with Gasteiger partial charge in [-0.2, -0.15) is 0 Å². The lowest BCUT2D eigenvalue weighted by Gasteiger charge is -2.18. The van der Waals surface area contributed by atoms with Crippen molar-refractivity contribution in [3.05, 3.63) is 70.0 Å². The van der Waals surface area contributed by atoms with E-state index in [0.29, 0.717) is 0 Å². The molecule has 0 bridgehead atoms. The third-order valence-electron chi connectivity index (χ3n) is 2.85. The Morgan fingerprint density at radius 3 is 2.37 bits per heavy atom. The van der Waals surface area contributed by atoms with Crippen LogP contribution in [-0.2, 0) is 0 Å². The van der Waals surface area contributed by atoms with Crippen LogP contribution in [0.25, 0.3) is 0 Å². The number of benzene rings is 2. The molecule has 0 heterocycles. The van der Waals surface area contributed by atoms with E-state index in [-0.39, 0.29) is 16.1 Å². The number of halogens is 4. The van der Waals surface area contributed by atoms with E-state index in [2.05, 4.69) is 5.32 Å². The summed E-state index contributed by atoms with van der Waals surface area (Å²) in [5, 5.41) is 3.02. The SMILES string of the molecule is CNC(c1ccc(Cl)cc1F)c1cccc(F)c1F. The zero-order valence-corrected chi connectivity index (χ0v) is 10.8. The minimum atomic E-state index is -0.990. The Morgan fingerprint density at radius 2 is 1.74 bits per heavy atom. The fraction of sp³-hybridized carbons (Fsp3) is 0.143. The maximum Gasteiger partial charge on any atom is 0.163 e. The van der Waals surface area contributed by atoms with Crippen molar-refractivity contribution >= 4 is 11.6 Å². The molecule has 0 saturated carbocycles. The van der Waals surface area contributed by atoms with Gasteiger partial charge in [0, 0.05) is 16.1 Å². The number of rotatable bonds is 3. The van der Waals surface area contributed by atoms with Crippen LogP contribution in [0, 0.1) is 17.5 Å². The summed E-state index contributed by atoms with van der Waals surface area (Å²) in [6.07, 6.45) is 0. The standard InChI is InChI=1S/C14H11ClF3N/c1-19-14(9-6-5-8(15)7-12(9)17)10-3-2-4-11(16)13(10)18/h2-7,14,19H,1H3. The Kier molecular flexibility index (Phi) is 4.12. The highest BCUT2D eigenvalue weighted by Gasteiger charge is 2.21. The van der Waals surface area contributed by atoms with Crippen molar-refractivity contribution in [2.45, 2.75) is 6.04 Å². The van der Waals surface area contributed by atoms with Gasteiger partial charge in [-0.1, -0.05) is 29.8 Å². The van der Waals surface area contributed by atoms with Crippen LogP contribution in [0.5, 0.6) is 0 Å². The van der Waals surface area contributed by atoms with Crippen molar-refractivity contribution in [2.75, 3.05) is 7.05 Å². The molecule has 5 heteroatoms. The third kappa shape index (κ3) is 2.74. The Labute approximate surface area is 114 Å². The van der Waals surface area contributed by atoms with Crippen molar-refractivity contribution in [3.63, 3.8) is 0 Å². The lowest BCUT2D eigenvalue weighted by molar-refractivity contribution is 0.482. The molecular formula is C14H11ClF3N. The Bertz CT molecular complexity index is 601. The largest absolute Gasteiger partial charge is 0.309 e. The van der Waals surface area contributed by atoms with Gasteiger partial charge >= 0.3 is 0 Å². The van der Waals surface area contributed by atoms with Gasteiger partial charge in [0.1, 0.15) is 5.82 Å². The fourth-order valence-electron chi connectivity index (χ4n) is 1.96. The van der Waals surface area contributed by atoms with Crippen LogP contribution in [0.2, 0.25) is 5.02 Å². The van der Waals surface area contributed by atoms with Crippen LogP contribution in [0.15, 0.2) is 36.4 Å². The molecule has 1 N–H and O–H groups in total. The topological polar surface area (TPSA) is 12.0 Å². The van der Waals surface area contributed by atoms with Crippen LogP contribution in [0.3, 0.4) is 0 Å². The molecule has 0 radical (unpaired) electrons. The van der Waals surface area contributed by atoms with E-state index in [4.69, 9.17) is 11.6 Å². The maximum absolute atomic E-state index is 13.9.